The maximum Gasteiger partial charge on any atom is 0.266 e. The van der Waals surface area contributed by atoms with Crippen LogP contribution >= 0.6 is 46.3 Å². The number of thioether (sulfide) groups is 1. The quantitative estimate of drug-likeness (QED) is 0.230. The van der Waals surface area contributed by atoms with E-state index < -0.39 is 12.1 Å². The third kappa shape index (κ3) is 6.32. The number of benzene rings is 3. The van der Waals surface area contributed by atoms with Crippen molar-refractivity contribution in [2.75, 3.05) is 16.0 Å². The van der Waals surface area contributed by atoms with Crippen LogP contribution in [0.15, 0.2) is 95.7 Å². The average molecular weight is 607 g/mol. The molecule has 0 bridgehead atoms. The summed E-state index contributed by atoms with van der Waals surface area (Å²) in [5.41, 5.74) is 2.36. The molecule has 40 heavy (non-hydrogen) atoms. The minimum absolute atomic E-state index is 0.0461. The fraction of sp³-hybridized carbons (Fsp3) is 0.103. The summed E-state index contributed by atoms with van der Waals surface area (Å²) < 4.78 is 0. The maximum absolute atomic E-state index is 13.0. The normalized spacial score (nSPS) is 15.0. The van der Waals surface area contributed by atoms with Gasteiger partial charge in [-0.25, -0.2) is 4.98 Å². The van der Waals surface area contributed by atoms with E-state index in [0.29, 0.717) is 32.2 Å². The summed E-state index contributed by atoms with van der Waals surface area (Å²) in [4.78, 5) is 33.1. The van der Waals surface area contributed by atoms with Gasteiger partial charge in [0.15, 0.2) is 5.13 Å². The lowest BCUT2D eigenvalue weighted by atomic mass is 10.1. The molecular weight excluding hydrogens is 585 g/mol. The Morgan fingerprint density at radius 1 is 1.10 bits per heavy atom. The van der Waals surface area contributed by atoms with Crippen LogP contribution < -0.4 is 15.5 Å². The van der Waals surface area contributed by atoms with Gasteiger partial charge < -0.3 is 15.5 Å². The first-order chi connectivity index (χ1) is 19.4. The maximum atomic E-state index is 13.0. The van der Waals surface area contributed by atoms with Crippen molar-refractivity contribution in [3.05, 3.63) is 122 Å². The zero-order chi connectivity index (χ0) is 28.1. The number of halogens is 2. The van der Waals surface area contributed by atoms with Crippen LogP contribution in [0.3, 0.4) is 0 Å². The summed E-state index contributed by atoms with van der Waals surface area (Å²) in [6.45, 7) is 0. The van der Waals surface area contributed by atoms with Crippen LogP contribution in [0.5, 0.6) is 0 Å². The molecule has 7 nitrogen and oxygen atoms in total. The van der Waals surface area contributed by atoms with E-state index in [1.807, 2.05) is 77.7 Å². The van der Waals surface area contributed by atoms with Gasteiger partial charge in [0.2, 0.25) is 5.91 Å². The van der Waals surface area contributed by atoms with Gasteiger partial charge in [0, 0.05) is 38.8 Å². The fourth-order valence-corrected chi connectivity index (χ4v) is 6.48. The first-order valence-corrected chi connectivity index (χ1v) is 14.6. The number of nitrogens with zero attached hydrogens (tertiary/aromatic N) is 3. The van der Waals surface area contributed by atoms with Crippen LogP contribution in [0.25, 0.3) is 0 Å². The second kappa shape index (κ2) is 12.6. The molecule has 200 valence electrons. The van der Waals surface area contributed by atoms with Gasteiger partial charge in [-0.2, -0.15) is 5.26 Å². The summed E-state index contributed by atoms with van der Waals surface area (Å²) in [6.07, 6.45) is 1.69. The van der Waals surface area contributed by atoms with E-state index in [9.17, 15) is 14.9 Å². The highest BCUT2D eigenvalue weighted by Crippen LogP contribution is 2.40. The molecule has 2 amide bonds. The van der Waals surface area contributed by atoms with Crippen LogP contribution in [0.2, 0.25) is 10.0 Å². The number of anilines is 2. The Hall–Kier alpha value is -3.81. The molecule has 0 aliphatic carbocycles. The molecule has 2 heterocycles. The van der Waals surface area contributed by atoms with Gasteiger partial charge in [0.05, 0.1) is 5.75 Å². The predicted octanol–water partition coefficient (Wildman–Crippen LogP) is 6.78. The van der Waals surface area contributed by atoms with E-state index in [1.165, 1.54) is 11.3 Å². The number of hydrogen-bond donors (Lipinski definition) is 2. The number of amides is 2. The molecule has 0 fully saturated rings. The molecule has 11 heteroatoms. The highest BCUT2D eigenvalue weighted by Gasteiger charge is 2.36. The summed E-state index contributed by atoms with van der Waals surface area (Å²) >= 11 is 15.1. The lowest BCUT2D eigenvalue weighted by molar-refractivity contribution is -0.118. The molecule has 1 atom stereocenters. The molecule has 4 aromatic rings. The van der Waals surface area contributed by atoms with Crippen LogP contribution in [-0.4, -0.2) is 22.6 Å². The van der Waals surface area contributed by atoms with Crippen molar-refractivity contribution < 1.29 is 9.59 Å². The van der Waals surface area contributed by atoms with Gasteiger partial charge in [-0.3, -0.25) is 9.59 Å². The number of para-hydroxylation sites is 1. The Bertz CT molecular complexity index is 1630. The summed E-state index contributed by atoms with van der Waals surface area (Å²) in [5.74, 6) is -0.893. The third-order valence-corrected chi connectivity index (χ3v) is 8.51. The molecule has 0 spiro atoms. The number of nitriles is 1. The van der Waals surface area contributed by atoms with Gasteiger partial charge >= 0.3 is 0 Å². The molecule has 1 unspecified atom stereocenters. The van der Waals surface area contributed by atoms with E-state index in [0.717, 1.165) is 27.9 Å². The smallest absolute Gasteiger partial charge is 0.266 e. The first-order valence-electron chi connectivity index (χ1n) is 12.1. The van der Waals surface area contributed by atoms with E-state index >= 15 is 0 Å². The fourth-order valence-electron chi connectivity index (χ4n) is 4.19. The number of nitrogens with one attached hydrogen (secondary N) is 2. The number of thiazole rings is 1. The van der Waals surface area contributed by atoms with Gasteiger partial charge in [0.25, 0.3) is 5.91 Å². The van der Waals surface area contributed by atoms with Crippen molar-refractivity contribution in [3.8, 4) is 6.07 Å². The number of carbonyl (C=O) groups is 2. The molecule has 0 saturated heterocycles. The lowest BCUT2D eigenvalue weighted by Crippen LogP contribution is -2.46. The highest BCUT2D eigenvalue weighted by molar-refractivity contribution is 8.03. The van der Waals surface area contributed by atoms with E-state index in [4.69, 9.17) is 23.2 Å². The van der Waals surface area contributed by atoms with E-state index in [2.05, 4.69) is 15.6 Å². The number of rotatable bonds is 8. The largest absolute Gasteiger partial charge is 0.327 e. The molecule has 1 aliphatic heterocycles. The molecule has 1 aromatic heterocycles. The summed E-state index contributed by atoms with van der Waals surface area (Å²) in [5, 5.41) is 17.6. The van der Waals surface area contributed by atoms with Crippen molar-refractivity contribution in [1.82, 2.24) is 10.3 Å². The third-order valence-electron chi connectivity index (χ3n) is 5.94. The van der Waals surface area contributed by atoms with Crippen LogP contribution in [-0.2, 0) is 16.0 Å². The summed E-state index contributed by atoms with van der Waals surface area (Å²) in [6, 6.07) is 26.1. The van der Waals surface area contributed by atoms with Crippen LogP contribution in [0.1, 0.15) is 22.2 Å². The molecule has 5 rings (SSSR count). The van der Waals surface area contributed by atoms with Gasteiger partial charge in [-0.1, -0.05) is 83.5 Å². The zero-order valence-corrected chi connectivity index (χ0v) is 23.9. The second-order valence-electron chi connectivity index (χ2n) is 8.67. The molecule has 0 radical (unpaired) electrons. The molecular formula is C29H21Cl2N5O2S2. The first kappa shape index (κ1) is 27.7. The molecule has 2 N–H and O–H groups in total. The number of carbonyl (C=O) groups excluding carboxylic acids is 2. The van der Waals surface area contributed by atoms with Crippen molar-refractivity contribution in [2.45, 2.75) is 12.6 Å². The SMILES string of the molecule is N#CC1=C(SCC(=O)Nc2ncc(Cc3cccc(Cl)c3)s2)N(c2ccccc2)C(c2ccccc2Cl)NC1=O. The Balaban J connectivity index is 1.36. The molecule has 3 aromatic carbocycles. The predicted molar refractivity (Wildman–Crippen MR) is 161 cm³/mol. The Labute approximate surface area is 249 Å². The van der Waals surface area contributed by atoms with Gasteiger partial charge in [0.1, 0.15) is 22.8 Å². The van der Waals surface area contributed by atoms with E-state index in [1.54, 1.807) is 18.3 Å². The zero-order valence-electron chi connectivity index (χ0n) is 20.8. The second-order valence-corrected chi connectivity index (χ2v) is 11.6. The van der Waals surface area contributed by atoms with E-state index in [-0.39, 0.29) is 17.2 Å². The monoisotopic (exact) mass is 605 g/mol. The minimum atomic E-state index is -0.681. The Morgan fingerprint density at radius 3 is 2.62 bits per heavy atom. The highest BCUT2D eigenvalue weighted by atomic mass is 35.5. The van der Waals surface area contributed by atoms with Crippen molar-refractivity contribution in [2.24, 2.45) is 0 Å². The number of aromatic nitrogens is 1. The summed E-state index contributed by atoms with van der Waals surface area (Å²) in [7, 11) is 0. The Morgan fingerprint density at radius 2 is 1.88 bits per heavy atom. The van der Waals surface area contributed by atoms with Crippen LogP contribution in [0, 0.1) is 11.3 Å². The Kier molecular flexibility index (Phi) is 8.72. The lowest BCUT2D eigenvalue weighted by Gasteiger charge is -2.39. The van der Waals surface area contributed by atoms with Crippen molar-refractivity contribution >= 4 is 68.9 Å². The standard InChI is InChI=1S/C29H21Cl2N5O2S2/c30-19-8-6-7-18(13-19)14-21-16-33-29(40-21)34-25(37)17-39-28-23(15-32)27(38)35-26(22-11-4-5-12-24(22)31)36(28)20-9-2-1-3-10-20/h1-13,16,26H,14,17H2,(H,35,38)(H,33,34,37). The van der Waals surface area contributed by atoms with Gasteiger partial charge in [-0.05, 0) is 35.9 Å². The minimum Gasteiger partial charge on any atom is -0.327 e. The van der Waals surface area contributed by atoms with Crippen molar-refractivity contribution in [1.29, 1.82) is 5.26 Å². The molecule has 0 saturated carbocycles. The average Bonchev–Trinajstić information content (AvgIpc) is 3.38. The van der Waals surface area contributed by atoms with Crippen LogP contribution in [0.4, 0.5) is 10.8 Å². The van der Waals surface area contributed by atoms with Gasteiger partial charge in [-0.15, -0.1) is 11.3 Å². The topological polar surface area (TPSA) is 98.1 Å². The number of hydrogen-bond acceptors (Lipinski definition) is 7. The molecule has 1 aliphatic rings. The van der Waals surface area contributed by atoms with Crippen molar-refractivity contribution in [3.63, 3.8) is 0 Å².